The molecule has 0 saturated carbocycles. The molecular weight excluding hydrogens is 566 g/mol. The van der Waals surface area contributed by atoms with Gasteiger partial charge in [0.2, 0.25) is 0 Å². The zero-order valence-electron chi connectivity index (χ0n) is 26.8. The van der Waals surface area contributed by atoms with Crippen LogP contribution in [0.5, 0.6) is 0 Å². The largest absolute Gasteiger partial charge is 0.0587 e. The van der Waals surface area contributed by atoms with Crippen LogP contribution in [0.15, 0.2) is 146 Å². The topological polar surface area (TPSA) is 0 Å². The lowest BCUT2D eigenvalue weighted by Crippen LogP contribution is -2.20. The van der Waals surface area contributed by atoms with E-state index < -0.39 is 15.8 Å². The van der Waals surface area contributed by atoms with Gasteiger partial charge in [0, 0.05) is 0 Å². The first-order valence-electron chi connectivity index (χ1n) is 15.3. The molecule has 0 N–H and O–H groups in total. The van der Waals surface area contributed by atoms with Gasteiger partial charge in [-0.05, 0) is 89.2 Å². The second-order valence-corrected chi connectivity index (χ2v) is 16.1. The highest BCUT2D eigenvalue weighted by Crippen LogP contribution is 2.34. The van der Waals surface area contributed by atoms with E-state index in [9.17, 15) is 0 Å². The van der Waals surface area contributed by atoms with E-state index in [-0.39, 0.29) is 0 Å². The summed E-state index contributed by atoms with van der Waals surface area (Å²) in [5.74, 6) is 0. The highest BCUT2D eigenvalue weighted by Gasteiger charge is 2.17. The Morgan fingerprint density at radius 2 is 0.318 bits per heavy atom. The lowest BCUT2D eigenvalue weighted by atomic mass is 10.2. The van der Waals surface area contributed by atoms with Crippen molar-refractivity contribution in [2.24, 2.45) is 0 Å². The molecule has 0 fully saturated rings. The van der Waals surface area contributed by atoms with E-state index in [4.69, 9.17) is 0 Å². The van der Waals surface area contributed by atoms with Crippen molar-refractivity contribution in [3.05, 3.63) is 179 Å². The van der Waals surface area contributed by atoms with Crippen molar-refractivity contribution in [1.82, 2.24) is 0 Å². The van der Waals surface area contributed by atoms with Crippen LogP contribution in [0.1, 0.15) is 33.4 Å². The molecule has 0 saturated heterocycles. The van der Waals surface area contributed by atoms with Gasteiger partial charge in [0.1, 0.15) is 0 Å². The monoisotopic (exact) mass is 608 g/mol. The normalized spacial score (nSPS) is 10.9. The third-order valence-electron chi connectivity index (χ3n) is 7.75. The van der Waals surface area contributed by atoms with Crippen LogP contribution in [0.4, 0.5) is 0 Å². The summed E-state index contributed by atoms with van der Waals surface area (Å²) in [5, 5.41) is 8.46. The van der Waals surface area contributed by atoms with Gasteiger partial charge in [-0.15, -0.1) is 0 Å². The molecule has 6 rings (SSSR count). The van der Waals surface area contributed by atoms with Crippen LogP contribution in [0.25, 0.3) is 0 Å². The summed E-state index contributed by atoms with van der Waals surface area (Å²) in [5.41, 5.74) is 7.87. The Balaban J connectivity index is 0.000000175. The van der Waals surface area contributed by atoms with Crippen molar-refractivity contribution in [2.75, 3.05) is 0 Å². The van der Waals surface area contributed by atoms with Gasteiger partial charge in [-0.3, -0.25) is 0 Å². The molecule has 6 aromatic rings. The molecule has 0 atom stereocenters. The van der Waals surface area contributed by atoms with Crippen molar-refractivity contribution in [3.63, 3.8) is 0 Å². The number of hydrogen-bond donors (Lipinski definition) is 0. The van der Waals surface area contributed by atoms with E-state index in [0.717, 1.165) is 0 Å². The fourth-order valence-corrected chi connectivity index (χ4v) is 9.53. The van der Waals surface area contributed by atoms with Crippen LogP contribution in [-0.2, 0) is 0 Å². The van der Waals surface area contributed by atoms with Gasteiger partial charge in [0.05, 0.1) is 0 Å². The predicted octanol–water partition coefficient (Wildman–Crippen LogP) is 8.74. The van der Waals surface area contributed by atoms with E-state index in [2.05, 4.69) is 187 Å². The number of hydrogen-bond acceptors (Lipinski definition) is 0. The van der Waals surface area contributed by atoms with Crippen molar-refractivity contribution in [1.29, 1.82) is 0 Å². The molecule has 2 heteroatoms. The summed E-state index contributed by atoms with van der Waals surface area (Å²) >= 11 is 0. The Morgan fingerprint density at radius 3 is 0.432 bits per heavy atom. The molecule has 44 heavy (non-hydrogen) atoms. The third kappa shape index (κ3) is 8.21. The van der Waals surface area contributed by atoms with Crippen LogP contribution in [-0.4, -0.2) is 0 Å². The zero-order valence-corrected chi connectivity index (χ0v) is 28.5. The number of benzene rings is 6. The molecule has 0 spiro atoms. The Kier molecular flexibility index (Phi) is 10.6. The van der Waals surface area contributed by atoms with E-state index in [1.165, 1.54) is 65.2 Å². The van der Waals surface area contributed by atoms with Crippen LogP contribution < -0.4 is 31.8 Å². The zero-order chi connectivity index (χ0) is 31.1. The average molecular weight is 609 g/mol. The molecule has 0 nitrogen and oxygen atoms in total. The molecular formula is C42H42P2. The molecule has 0 amide bonds. The Morgan fingerprint density at radius 1 is 0.205 bits per heavy atom. The Bertz CT molecular complexity index is 1390. The summed E-state index contributed by atoms with van der Waals surface area (Å²) in [6, 6.07) is 53.9. The third-order valence-corrected chi connectivity index (χ3v) is 12.6. The molecule has 6 aromatic carbocycles. The quantitative estimate of drug-likeness (QED) is 0.166. The van der Waals surface area contributed by atoms with Crippen molar-refractivity contribution in [3.8, 4) is 0 Å². The van der Waals surface area contributed by atoms with Gasteiger partial charge in [0.25, 0.3) is 0 Å². The first kappa shape index (κ1) is 31.6. The minimum atomic E-state index is -0.483. The highest BCUT2D eigenvalue weighted by atomic mass is 31.1. The molecule has 0 unspecified atom stereocenters. The van der Waals surface area contributed by atoms with Crippen molar-refractivity contribution < 1.29 is 0 Å². The first-order chi connectivity index (χ1) is 21.3. The maximum absolute atomic E-state index is 2.28. The summed E-state index contributed by atoms with van der Waals surface area (Å²) in [7, 11) is -0.966. The minimum absolute atomic E-state index is 0.483. The molecule has 0 aliphatic heterocycles. The SMILES string of the molecule is Cc1ccc(P(c2ccc(C)cc2)c2ccc(C)cc2)cc1.Cc1ccc(P(c2ccc(C)cc2)c2ccc(C)cc2)cc1. The fraction of sp³-hybridized carbons (Fsp3) is 0.143. The van der Waals surface area contributed by atoms with Crippen LogP contribution in [0.2, 0.25) is 0 Å². The summed E-state index contributed by atoms with van der Waals surface area (Å²) < 4.78 is 0. The maximum Gasteiger partial charge on any atom is -0.0134 e. The second-order valence-electron chi connectivity index (χ2n) is 11.7. The van der Waals surface area contributed by atoms with Gasteiger partial charge in [0.15, 0.2) is 0 Å². The van der Waals surface area contributed by atoms with Crippen LogP contribution >= 0.6 is 15.8 Å². The van der Waals surface area contributed by atoms with Gasteiger partial charge >= 0.3 is 0 Å². The summed E-state index contributed by atoms with van der Waals surface area (Å²) in [6.07, 6.45) is 0. The van der Waals surface area contributed by atoms with Gasteiger partial charge < -0.3 is 0 Å². The summed E-state index contributed by atoms with van der Waals surface area (Å²) in [4.78, 5) is 0. The lowest BCUT2D eigenvalue weighted by Gasteiger charge is -2.20. The predicted molar refractivity (Wildman–Crippen MR) is 199 cm³/mol. The standard InChI is InChI=1S/2C21H21P/c2*1-16-4-10-19(11-5-16)22(20-12-6-17(2)7-13-20)21-14-8-18(3)9-15-21/h2*4-15H,1-3H3. The molecule has 0 aliphatic rings. The molecule has 0 aromatic heterocycles. The van der Waals surface area contributed by atoms with Crippen LogP contribution in [0.3, 0.4) is 0 Å². The molecule has 0 bridgehead atoms. The second kappa shape index (κ2) is 14.8. The number of aryl methyl sites for hydroxylation is 6. The maximum atomic E-state index is 2.28. The number of rotatable bonds is 6. The van der Waals surface area contributed by atoms with Gasteiger partial charge in [-0.25, -0.2) is 0 Å². The Labute approximate surface area is 267 Å². The van der Waals surface area contributed by atoms with E-state index in [1.54, 1.807) is 0 Å². The highest BCUT2D eigenvalue weighted by molar-refractivity contribution is 7.80. The lowest BCUT2D eigenvalue weighted by molar-refractivity contribution is 1.48. The Hall–Kier alpha value is -3.82. The van der Waals surface area contributed by atoms with E-state index >= 15 is 0 Å². The fourth-order valence-electron chi connectivity index (χ4n) is 5.06. The van der Waals surface area contributed by atoms with E-state index in [0.29, 0.717) is 0 Å². The average Bonchev–Trinajstić information content (AvgIpc) is 3.03. The minimum Gasteiger partial charge on any atom is -0.0587 e. The smallest absolute Gasteiger partial charge is 0.0134 e. The summed E-state index contributed by atoms with van der Waals surface area (Å²) in [6.45, 7) is 12.9. The molecule has 0 aliphatic carbocycles. The van der Waals surface area contributed by atoms with Crippen LogP contribution in [0, 0.1) is 41.5 Å². The van der Waals surface area contributed by atoms with Gasteiger partial charge in [-0.2, -0.15) is 0 Å². The molecule has 0 radical (unpaired) electrons. The first-order valence-corrected chi connectivity index (χ1v) is 18.0. The van der Waals surface area contributed by atoms with Crippen molar-refractivity contribution in [2.45, 2.75) is 41.5 Å². The molecule has 0 heterocycles. The molecule has 220 valence electrons. The van der Waals surface area contributed by atoms with Crippen molar-refractivity contribution >= 4 is 47.7 Å². The van der Waals surface area contributed by atoms with Gasteiger partial charge in [-0.1, -0.05) is 179 Å². The van der Waals surface area contributed by atoms with E-state index in [1.807, 2.05) is 0 Å².